The summed E-state index contributed by atoms with van der Waals surface area (Å²) in [5, 5.41) is 0. The predicted molar refractivity (Wildman–Crippen MR) is 111 cm³/mol. The summed E-state index contributed by atoms with van der Waals surface area (Å²) >= 11 is 0. The van der Waals surface area contributed by atoms with Gasteiger partial charge < -0.3 is 14.4 Å². The summed E-state index contributed by atoms with van der Waals surface area (Å²) < 4.78 is 50.3. The minimum Gasteiger partial charge on any atom is -0.462 e. The van der Waals surface area contributed by atoms with E-state index in [9.17, 15) is 18.0 Å². The highest BCUT2D eigenvalue weighted by atomic mass is 19.4. The molecule has 4 rings (SSSR count). The van der Waals surface area contributed by atoms with Gasteiger partial charge in [-0.15, -0.1) is 0 Å². The molecule has 0 N–H and O–H groups in total. The van der Waals surface area contributed by atoms with Gasteiger partial charge in [0, 0.05) is 30.4 Å². The van der Waals surface area contributed by atoms with Crippen molar-refractivity contribution in [2.24, 2.45) is 5.92 Å². The molecule has 0 bridgehead atoms. The number of hydrogen-bond donors (Lipinski definition) is 0. The molecule has 2 aliphatic rings. The lowest BCUT2D eigenvalue weighted by Gasteiger charge is -2.35. The Morgan fingerprint density at radius 2 is 1.97 bits per heavy atom. The molecule has 2 aliphatic heterocycles. The number of ether oxygens (including phenoxy) is 2. The number of halogens is 3. The summed E-state index contributed by atoms with van der Waals surface area (Å²) in [7, 11) is 0. The zero-order valence-electron chi connectivity index (χ0n) is 17.0. The quantitative estimate of drug-likeness (QED) is 0.444. The van der Waals surface area contributed by atoms with Crippen molar-refractivity contribution in [1.82, 2.24) is 0 Å². The molecule has 0 amide bonds. The molecule has 7 heteroatoms. The summed E-state index contributed by atoms with van der Waals surface area (Å²) in [5.74, 6) is -0.298. The lowest BCUT2D eigenvalue weighted by molar-refractivity contribution is -0.137. The molecule has 0 atom stereocenters. The highest BCUT2D eigenvalue weighted by molar-refractivity contribution is 5.91. The molecule has 2 aromatic rings. The van der Waals surface area contributed by atoms with E-state index in [0.29, 0.717) is 35.7 Å². The van der Waals surface area contributed by atoms with Crippen molar-refractivity contribution >= 4 is 23.4 Å². The van der Waals surface area contributed by atoms with Crippen LogP contribution < -0.4 is 4.90 Å². The highest BCUT2D eigenvalue weighted by Gasteiger charge is 2.33. The fourth-order valence-corrected chi connectivity index (χ4v) is 3.93. The van der Waals surface area contributed by atoms with E-state index < -0.39 is 17.7 Å². The van der Waals surface area contributed by atoms with E-state index in [1.165, 1.54) is 6.07 Å². The molecule has 0 saturated carbocycles. The molecule has 4 nitrogen and oxygen atoms in total. The second-order valence-electron chi connectivity index (χ2n) is 7.44. The van der Waals surface area contributed by atoms with Crippen molar-refractivity contribution in [3.8, 4) is 0 Å². The van der Waals surface area contributed by atoms with Crippen LogP contribution in [0.2, 0.25) is 0 Å². The zero-order chi connectivity index (χ0) is 22.0. The fraction of sp³-hybridized carbons (Fsp3) is 0.333. The van der Waals surface area contributed by atoms with Crippen LogP contribution in [-0.4, -0.2) is 25.8 Å². The minimum atomic E-state index is -4.43. The standard InChI is InChI=1S/C24H22F3NO3/c1-2-31-23(29)18-4-3-5-20(15-18)28-21(16-10-12-30-13-11-16)8-6-17-14-19(24(25,26)27)7-9-22(17)28/h3-7,9,14-16H,2,10-13H2,1H3. The monoisotopic (exact) mass is 429 g/mol. The van der Waals surface area contributed by atoms with Crippen LogP contribution in [0.15, 0.2) is 53.9 Å². The van der Waals surface area contributed by atoms with Crippen molar-refractivity contribution < 1.29 is 27.4 Å². The van der Waals surface area contributed by atoms with Crippen LogP contribution in [0.25, 0.3) is 6.08 Å². The van der Waals surface area contributed by atoms with Gasteiger partial charge in [-0.25, -0.2) is 4.79 Å². The number of hydrogen-bond acceptors (Lipinski definition) is 4. The first-order chi connectivity index (χ1) is 14.9. The Labute approximate surface area is 178 Å². The van der Waals surface area contributed by atoms with Crippen molar-refractivity contribution in [2.75, 3.05) is 24.7 Å². The Balaban J connectivity index is 1.82. The van der Waals surface area contributed by atoms with Crippen LogP contribution in [0, 0.1) is 5.92 Å². The van der Waals surface area contributed by atoms with E-state index in [1.807, 2.05) is 11.0 Å². The summed E-state index contributed by atoms with van der Waals surface area (Å²) in [6.07, 6.45) is -1.23. The van der Waals surface area contributed by atoms with Crippen molar-refractivity contribution in [2.45, 2.75) is 25.9 Å². The Hall–Kier alpha value is -3.02. The highest BCUT2D eigenvalue weighted by Crippen LogP contribution is 2.42. The maximum absolute atomic E-state index is 13.2. The number of anilines is 2. The van der Waals surface area contributed by atoms with Gasteiger partial charge in [-0.3, -0.25) is 0 Å². The van der Waals surface area contributed by atoms with E-state index in [2.05, 4.69) is 5.73 Å². The summed E-state index contributed by atoms with van der Waals surface area (Å²) in [6.45, 7) is 3.22. The maximum Gasteiger partial charge on any atom is 0.416 e. The average Bonchev–Trinajstić information content (AvgIpc) is 2.78. The third-order valence-corrected chi connectivity index (χ3v) is 5.44. The minimum absolute atomic E-state index is 0.145. The normalized spacial score (nSPS) is 16.6. The zero-order valence-corrected chi connectivity index (χ0v) is 17.0. The molecule has 1 fully saturated rings. The molecular weight excluding hydrogens is 407 g/mol. The lowest BCUT2D eigenvalue weighted by atomic mass is 9.92. The van der Waals surface area contributed by atoms with E-state index in [4.69, 9.17) is 9.47 Å². The van der Waals surface area contributed by atoms with Gasteiger partial charge in [0.2, 0.25) is 0 Å². The number of rotatable bonds is 4. The average molecular weight is 429 g/mol. The van der Waals surface area contributed by atoms with Crippen molar-refractivity contribution in [3.05, 3.63) is 70.6 Å². The largest absolute Gasteiger partial charge is 0.462 e. The van der Waals surface area contributed by atoms with Gasteiger partial charge in [-0.2, -0.15) is 13.2 Å². The molecule has 0 spiro atoms. The third-order valence-electron chi connectivity index (χ3n) is 5.44. The number of nitrogens with zero attached hydrogens (tertiary/aromatic N) is 1. The predicted octanol–water partition coefficient (Wildman–Crippen LogP) is 5.96. The maximum atomic E-state index is 13.2. The van der Waals surface area contributed by atoms with Crippen molar-refractivity contribution in [1.29, 1.82) is 0 Å². The molecular formula is C24H22F3NO3. The Morgan fingerprint density at radius 1 is 1.19 bits per heavy atom. The molecule has 2 aromatic carbocycles. The summed E-state index contributed by atoms with van der Waals surface area (Å²) in [4.78, 5) is 14.1. The third kappa shape index (κ3) is 4.38. The molecule has 0 aliphatic carbocycles. The van der Waals surface area contributed by atoms with Gasteiger partial charge in [0.25, 0.3) is 0 Å². The SMILES string of the molecule is CCOC(=O)c1cccc(N2C(C3CCOCC3)=C=Cc3cc(C(F)(F)F)ccc32)c1. The number of fused-ring (bicyclic) bond motifs is 1. The second kappa shape index (κ2) is 8.61. The van der Waals surface area contributed by atoms with Crippen LogP contribution in [0.1, 0.15) is 41.3 Å². The first kappa shape index (κ1) is 21.2. The topological polar surface area (TPSA) is 38.8 Å². The number of carbonyl (C=O) groups is 1. The van der Waals surface area contributed by atoms with Gasteiger partial charge in [-0.05, 0) is 62.2 Å². The number of allylic oxidation sites excluding steroid dienone is 1. The molecule has 0 aromatic heterocycles. The van der Waals surface area contributed by atoms with E-state index in [1.54, 1.807) is 31.2 Å². The van der Waals surface area contributed by atoms with Gasteiger partial charge in [0.1, 0.15) is 0 Å². The number of benzene rings is 2. The Kier molecular flexibility index (Phi) is 5.90. The smallest absolute Gasteiger partial charge is 0.416 e. The van der Waals surface area contributed by atoms with E-state index >= 15 is 0 Å². The lowest BCUT2D eigenvalue weighted by Crippen LogP contribution is -2.28. The molecule has 0 unspecified atom stereocenters. The summed E-state index contributed by atoms with van der Waals surface area (Å²) in [6, 6.07) is 10.6. The van der Waals surface area contributed by atoms with Crippen molar-refractivity contribution in [3.63, 3.8) is 0 Å². The van der Waals surface area contributed by atoms with Gasteiger partial charge in [0.15, 0.2) is 0 Å². The number of esters is 1. The fourth-order valence-electron chi connectivity index (χ4n) is 3.93. The molecule has 31 heavy (non-hydrogen) atoms. The molecule has 2 heterocycles. The van der Waals surface area contributed by atoms with Crippen LogP contribution in [0.4, 0.5) is 24.5 Å². The van der Waals surface area contributed by atoms with Crippen LogP contribution in [0.3, 0.4) is 0 Å². The van der Waals surface area contributed by atoms with Crippen LogP contribution in [0.5, 0.6) is 0 Å². The van der Waals surface area contributed by atoms with Gasteiger partial charge >= 0.3 is 12.1 Å². The molecule has 0 radical (unpaired) electrons. The van der Waals surface area contributed by atoms with Crippen LogP contribution >= 0.6 is 0 Å². The first-order valence-corrected chi connectivity index (χ1v) is 10.2. The van der Waals surface area contributed by atoms with Gasteiger partial charge in [0.05, 0.1) is 29.1 Å². The molecule has 1 saturated heterocycles. The Bertz CT molecular complexity index is 1050. The molecule has 162 valence electrons. The van der Waals surface area contributed by atoms with Crippen LogP contribution in [-0.2, 0) is 15.7 Å². The number of carbonyl (C=O) groups excluding carboxylic acids is 1. The summed E-state index contributed by atoms with van der Waals surface area (Å²) in [5.41, 5.74) is 5.47. The Morgan fingerprint density at radius 3 is 2.68 bits per heavy atom. The number of alkyl halides is 3. The van der Waals surface area contributed by atoms with E-state index in [-0.39, 0.29) is 12.5 Å². The second-order valence-corrected chi connectivity index (χ2v) is 7.44. The first-order valence-electron chi connectivity index (χ1n) is 10.2. The van der Waals surface area contributed by atoms with Gasteiger partial charge in [-0.1, -0.05) is 11.8 Å². The van der Waals surface area contributed by atoms with E-state index in [0.717, 1.165) is 30.7 Å².